The molecule has 3 aromatic rings. The van der Waals surface area contributed by atoms with Crippen molar-refractivity contribution in [2.45, 2.75) is 51.5 Å². The van der Waals surface area contributed by atoms with Gasteiger partial charge in [0.1, 0.15) is 5.75 Å². The van der Waals surface area contributed by atoms with Crippen LogP contribution in [-0.4, -0.2) is 45.1 Å². The summed E-state index contributed by atoms with van der Waals surface area (Å²) in [6, 6.07) is 18.2. The number of aromatic nitrogens is 1. The molecule has 6 rings (SSSR count). The molecule has 0 saturated carbocycles. The van der Waals surface area contributed by atoms with Crippen molar-refractivity contribution >= 4 is 42.0 Å². The number of carbonyl (C=O) groups excluding carboxylic acids is 2. The van der Waals surface area contributed by atoms with E-state index < -0.39 is 41.8 Å². The molecule has 0 unspecified atom stereocenters. The smallest absolute Gasteiger partial charge is 0.455 e. The Bertz CT molecular complexity index is 1670. The number of carbonyl (C=O) groups is 2. The molecule has 10 nitrogen and oxygen atoms in total. The van der Waals surface area contributed by atoms with Crippen LogP contribution in [0.3, 0.4) is 0 Å². The van der Waals surface area contributed by atoms with Crippen molar-refractivity contribution in [2.24, 2.45) is 17.8 Å². The predicted octanol–water partition coefficient (Wildman–Crippen LogP) is 5.82. The fourth-order valence-electron chi connectivity index (χ4n) is 7.19. The summed E-state index contributed by atoms with van der Waals surface area (Å²) in [6.07, 6.45) is 6.54. The Morgan fingerprint density at radius 1 is 1.11 bits per heavy atom. The van der Waals surface area contributed by atoms with E-state index >= 15 is 0 Å². The number of fused-ring (bicyclic) bond motifs is 3. The molecular formula is C34H34BN3O7. The number of imide groups is 1. The molecule has 3 aliphatic rings. The fraction of sp³-hybridized carbons (Fsp3) is 0.324. The van der Waals surface area contributed by atoms with Crippen molar-refractivity contribution in [1.29, 1.82) is 0 Å². The number of nitro benzene ring substituents is 1. The number of pyridine rings is 1. The molecule has 2 amide bonds. The minimum absolute atomic E-state index is 0.178. The van der Waals surface area contributed by atoms with Gasteiger partial charge >= 0.3 is 7.12 Å². The second-order valence-electron chi connectivity index (χ2n) is 11.9. The SMILES string of the molecule is CCCC1=C2[C@@H](CC/C(=C/c3ccc(O)cc3)c3ccccn3)OB(O)C[C@@H]2[C@@H]2C(=O)N(c3cccc([N+](=O)[O-])c3)C(=O)[C@@H]2C1. The first kappa shape index (κ1) is 30.4. The van der Waals surface area contributed by atoms with Crippen LogP contribution in [0.2, 0.25) is 6.32 Å². The van der Waals surface area contributed by atoms with Gasteiger partial charge in [0.2, 0.25) is 11.8 Å². The average Bonchev–Trinajstić information content (AvgIpc) is 3.29. The first-order valence-electron chi connectivity index (χ1n) is 15.3. The molecule has 3 heterocycles. The van der Waals surface area contributed by atoms with Crippen LogP contribution in [0.25, 0.3) is 11.6 Å². The number of hydrogen-bond acceptors (Lipinski definition) is 8. The van der Waals surface area contributed by atoms with Crippen molar-refractivity contribution in [3.05, 3.63) is 105 Å². The highest BCUT2D eigenvalue weighted by atomic mass is 16.6. The van der Waals surface area contributed by atoms with Gasteiger partial charge < -0.3 is 14.8 Å². The molecule has 2 aliphatic heterocycles. The van der Waals surface area contributed by atoms with Crippen molar-refractivity contribution in [1.82, 2.24) is 4.98 Å². The summed E-state index contributed by atoms with van der Waals surface area (Å²) in [5.74, 6) is -2.24. The number of nitro groups is 1. The minimum atomic E-state index is -1.11. The Morgan fingerprint density at radius 3 is 2.62 bits per heavy atom. The van der Waals surface area contributed by atoms with E-state index in [4.69, 9.17) is 4.65 Å². The normalized spacial score (nSPS) is 23.3. The van der Waals surface area contributed by atoms with E-state index in [1.807, 2.05) is 36.4 Å². The summed E-state index contributed by atoms with van der Waals surface area (Å²) in [5.41, 5.74) is 4.74. The van der Waals surface area contributed by atoms with Crippen molar-refractivity contribution < 1.29 is 29.3 Å². The summed E-state index contributed by atoms with van der Waals surface area (Å²) >= 11 is 0. The molecular weight excluding hydrogens is 573 g/mol. The van der Waals surface area contributed by atoms with Crippen molar-refractivity contribution in [3.8, 4) is 5.75 Å². The van der Waals surface area contributed by atoms with Gasteiger partial charge in [-0.15, -0.1) is 0 Å². The molecule has 2 saturated heterocycles. The van der Waals surface area contributed by atoms with E-state index in [2.05, 4.69) is 11.9 Å². The predicted molar refractivity (Wildman–Crippen MR) is 170 cm³/mol. The highest BCUT2D eigenvalue weighted by molar-refractivity contribution is 6.43. The second-order valence-corrected chi connectivity index (χ2v) is 11.9. The van der Waals surface area contributed by atoms with E-state index in [9.17, 15) is 29.8 Å². The number of amides is 2. The lowest BCUT2D eigenvalue weighted by atomic mass is 9.58. The second kappa shape index (κ2) is 12.8. The zero-order chi connectivity index (χ0) is 31.7. The maximum atomic E-state index is 14.0. The summed E-state index contributed by atoms with van der Waals surface area (Å²) < 4.78 is 6.18. The highest BCUT2D eigenvalue weighted by Crippen LogP contribution is 2.52. The van der Waals surface area contributed by atoms with E-state index in [-0.39, 0.29) is 29.4 Å². The van der Waals surface area contributed by atoms with Crippen molar-refractivity contribution in [2.75, 3.05) is 4.90 Å². The van der Waals surface area contributed by atoms with Crippen LogP contribution in [0.4, 0.5) is 11.4 Å². The third kappa shape index (κ3) is 6.05. The van der Waals surface area contributed by atoms with Crippen LogP contribution in [0, 0.1) is 27.9 Å². The first-order chi connectivity index (χ1) is 21.7. The van der Waals surface area contributed by atoms with E-state index in [1.165, 1.54) is 18.2 Å². The lowest BCUT2D eigenvalue weighted by molar-refractivity contribution is -0.384. The molecule has 4 atom stereocenters. The number of allylic oxidation sites excluding steroid dienone is 2. The number of rotatable bonds is 9. The molecule has 0 radical (unpaired) electrons. The number of benzene rings is 2. The van der Waals surface area contributed by atoms with E-state index in [0.29, 0.717) is 19.3 Å². The zero-order valence-electron chi connectivity index (χ0n) is 24.9. The molecule has 2 N–H and O–H groups in total. The fourth-order valence-corrected chi connectivity index (χ4v) is 7.19. The molecule has 0 bridgehead atoms. The average molecular weight is 607 g/mol. The standard InChI is InChI=1S/C34H34BN3O7/c1-2-6-23-18-27-32(34(41)37(33(27)40)24-7-5-8-25(19-24)38(43)44)28-20-35(42)45-30(31(23)28)15-12-22(29-9-3-4-16-36-29)17-21-10-13-26(39)14-11-21/h3-5,7-11,13-14,16-17,19,27-28,30,32,39,42H,2,6,12,15,18,20H2,1H3/b22-17-/t27-,28+,30-,32-/m1/s1. The molecule has 0 spiro atoms. The lowest BCUT2D eigenvalue weighted by Crippen LogP contribution is -2.46. The molecule has 2 aromatic carbocycles. The Morgan fingerprint density at radius 2 is 1.91 bits per heavy atom. The van der Waals surface area contributed by atoms with Crippen LogP contribution >= 0.6 is 0 Å². The first-order valence-corrected chi connectivity index (χ1v) is 15.3. The summed E-state index contributed by atoms with van der Waals surface area (Å²) in [7, 11) is -1.11. The number of anilines is 1. The van der Waals surface area contributed by atoms with Gasteiger partial charge in [0.25, 0.3) is 5.69 Å². The monoisotopic (exact) mass is 607 g/mol. The van der Waals surface area contributed by atoms with Crippen LogP contribution < -0.4 is 4.90 Å². The van der Waals surface area contributed by atoms with Gasteiger partial charge in [0.05, 0.1) is 34.2 Å². The Balaban J connectivity index is 1.32. The van der Waals surface area contributed by atoms with Gasteiger partial charge in [-0.2, -0.15) is 0 Å². The number of phenolic OH excluding ortho intramolecular Hbond substituents is 1. The number of phenols is 1. The summed E-state index contributed by atoms with van der Waals surface area (Å²) in [6.45, 7) is 2.07. The summed E-state index contributed by atoms with van der Waals surface area (Å²) in [5, 5.41) is 32.1. The zero-order valence-corrected chi connectivity index (χ0v) is 24.9. The molecule has 230 valence electrons. The van der Waals surface area contributed by atoms with Crippen molar-refractivity contribution in [3.63, 3.8) is 0 Å². The van der Waals surface area contributed by atoms with Crippen LogP contribution in [0.1, 0.15) is 50.3 Å². The quantitative estimate of drug-likeness (QED) is 0.102. The molecule has 45 heavy (non-hydrogen) atoms. The Labute approximate surface area is 261 Å². The number of aromatic hydroxyl groups is 1. The largest absolute Gasteiger partial charge is 0.508 e. The van der Waals surface area contributed by atoms with E-state index in [0.717, 1.165) is 45.7 Å². The number of non-ortho nitro benzene ring substituents is 1. The van der Waals surface area contributed by atoms with E-state index in [1.54, 1.807) is 24.4 Å². The molecule has 2 fully saturated rings. The number of nitrogens with zero attached hydrogens (tertiary/aromatic N) is 3. The maximum Gasteiger partial charge on any atom is 0.455 e. The maximum absolute atomic E-state index is 14.0. The van der Waals surface area contributed by atoms with Gasteiger partial charge in [0, 0.05) is 18.3 Å². The Kier molecular flexibility index (Phi) is 8.64. The third-order valence-electron chi connectivity index (χ3n) is 9.06. The van der Waals surface area contributed by atoms with Crippen LogP contribution in [0.5, 0.6) is 5.75 Å². The minimum Gasteiger partial charge on any atom is -0.508 e. The molecule has 11 heteroatoms. The number of hydrogen-bond donors (Lipinski definition) is 2. The molecule has 1 aliphatic carbocycles. The highest BCUT2D eigenvalue weighted by Gasteiger charge is 2.57. The van der Waals surface area contributed by atoms with Gasteiger partial charge in [-0.25, -0.2) is 4.90 Å². The lowest BCUT2D eigenvalue weighted by Gasteiger charge is -2.43. The third-order valence-corrected chi connectivity index (χ3v) is 9.06. The van der Waals surface area contributed by atoms with Gasteiger partial charge in [-0.1, -0.05) is 43.2 Å². The van der Waals surface area contributed by atoms with Crippen LogP contribution in [-0.2, 0) is 14.2 Å². The Hall–Kier alpha value is -4.61. The van der Waals surface area contributed by atoms with Gasteiger partial charge in [-0.3, -0.25) is 24.7 Å². The topological polar surface area (TPSA) is 143 Å². The van der Waals surface area contributed by atoms with Crippen LogP contribution in [0.15, 0.2) is 84.1 Å². The summed E-state index contributed by atoms with van der Waals surface area (Å²) in [4.78, 5) is 44.3. The van der Waals surface area contributed by atoms with Gasteiger partial charge in [-0.05, 0) is 91.0 Å². The molecule has 1 aromatic heterocycles. The van der Waals surface area contributed by atoms with Gasteiger partial charge in [0.15, 0.2) is 0 Å².